The maximum atomic E-state index is 10.6. The second-order valence-corrected chi connectivity index (χ2v) is 3.50. The van der Waals surface area contributed by atoms with Gasteiger partial charge in [-0.3, -0.25) is 0 Å². The molecule has 5 nitrogen and oxygen atoms in total. The lowest BCUT2D eigenvalue weighted by molar-refractivity contribution is 0.0690. The van der Waals surface area contributed by atoms with E-state index in [9.17, 15) is 4.79 Å². The Balaban J connectivity index is 2.74. The predicted octanol–water partition coefficient (Wildman–Crippen LogP) is 1.80. The molecule has 1 N–H and O–H groups in total. The zero-order valence-electron chi connectivity index (χ0n) is 9.68. The monoisotopic (exact) mass is 223 g/mol. The molecule has 0 saturated carbocycles. The van der Waals surface area contributed by atoms with Gasteiger partial charge in [0.25, 0.3) is 0 Å². The van der Waals surface area contributed by atoms with Crippen LogP contribution in [0.5, 0.6) is 0 Å². The molecule has 0 amide bonds. The maximum Gasteiger partial charge on any atom is 0.356 e. The summed E-state index contributed by atoms with van der Waals surface area (Å²) in [6.07, 6.45) is 5.03. The minimum Gasteiger partial charge on any atom is -0.476 e. The summed E-state index contributed by atoms with van der Waals surface area (Å²) in [7, 11) is 0. The minimum absolute atomic E-state index is 0.0182. The number of hydrogen-bond donors (Lipinski definition) is 1. The van der Waals surface area contributed by atoms with Gasteiger partial charge in [0.2, 0.25) is 0 Å². The molecule has 5 heteroatoms. The standard InChI is InChI=1S/C11H17N3O2/c1-3-5-6-14(4-2)10-8-12-9(7-13-10)11(15)16/h7-8H,3-6H2,1-2H3,(H,15,16). The van der Waals surface area contributed by atoms with Crippen LogP contribution in [0.25, 0.3) is 0 Å². The molecule has 1 aromatic rings. The summed E-state index contributed by atoms with van der Waals surface area (Å²) in [5.41, 5.74) is -0.0182. The molecule has 0 aliphatic heterocycles. The molecule has 0 aromatic carbocycles. The molecule has 0 unspecified atom stereocenters. The van der Waals surface area contributed by atoms with E-state index in [1.807, 2.05) is 6.92 Å². The van der Waals surface area contributed by atoms with Crippen LogP contribution < -0.4 is 4.90 Å². The maximum absolute atomic E-state index is 10.6. The molecule has 1 rings (SSSR count). The Morgan fingerprint density at radius 3 is 2.56 bits per heavy atom. The Labute approximate surface area is 95.1 Å². The first-order valence-corrected chi connectivity index (χ1v) is 5.49. The molecule has 0 radical (unpaired) electrons. The predicted molar refractivity (Wildman–Crippen MR) is 61.8 cm³/mol. The molecule has 0 aliphatic rings. The van der Waals surface area contributed by atoms with E-state index in [1.54, 1.807) is 0 Å². The van der Waals surface area contributed by atoms with Crippen LogP contribution >= 0.6 is 0 Å². The van der Waals surface area contributed by atoms with Gasteiger partial charge in [0.15, 0.2) is 5.69 Å². The van der Waals surface area contributed by atoms with E-state index in [0.29, 0.717) is 0 Å². The molecule has 0 spiro atoms. The first-order chi connectivity index (χ1) is 7.69. The highest BCUT2D eigenvalue weighted by atomic mass is 16.4. The van der Waals surface area contributed by atoms with Gasteiger partial charge in [-0.15, -0.1) is 0 Å². The van der Waals surface area contributed by atoms with Crippen LogP contribution in [0.4, 0.5) is 5.82 Å². The zero-order chi connectivity index (χ0) is 12.0. The van der Waals surface area contributed by atoms with Crippen LogP contribution in [0, 0.1) is 0 Å². The molecule has 0 fully saturated rings. The third-order valence-corrected chi connectivity index (χ3v) is 2.34. The highest BCUT2D eigenvalue weighted by molar-refractivity contribution is 5.84. The molecule has 1 aromatic heterocycles. The second kappa shape index (κ2) is 6.05. The lowest BCUT2D eigenvalue weighted by Crippen LogP contribution is -2.25. The molecule has 0 atom stereocenters. The molecule has 16 heavy (non-hydrogen) atoms. The number of anilines is 1. The SMILES string of the molecule is CCCCN(CC)c1cnc(C(=O)O)cn1. The molecule has 0 saturated heterocycles. The fourth-order valence-electron chi connectivity index (χ4n) is 1.38. The number of unbranched alkanes of at least 4 members (excludes halogenated alkanes) is 1. The van der Waals surface area contributed by atoms with Crippen molar-refractivity contribution in [3.8, 4) is 0 Å². The van der Waals surface area contributed by atoms with Crippen LogP contribution in [0.3, 0.4) is 0 Å². The summed E-state index contributed by atoms with van der Waals surface area (Å²) in [6.45, 7) is 5.95. The van der Waals surface area contributed by atoms with Crippen molar-refractivity contribution in [1.82, 2.24) is 9.97 Å². The van der Waals surface area contributed by atoms with Crippen molar-refractivity contribution >= 4 is 11.8 Å². The van der Waals surface area contributed by atoms with E-state index in [4.69, 9.17) is 5.11 Å². The van der Waals surface area contributed by atoms with Crippen molar-refractivity contribution in [2.75, 3.05) is 18.0 Å². The average molecular weight is 223 g/mol. The van der Waals surface area contributed by atoms with Crippen molar-refractivity contribution in [2.45, 2.75) is 26.7 Å². The highest BCUT2D eigenvalue weighted by Crippen LogP contribution is 2.09. The minimum atomic E-state index is -1.05. The summed E-state index contributed by atoms with van der Waals surface area (Å²) >= 11 is 0. The topological polar surface area (TPSA) is 66.3 Å². The van der Waals surface area contributed by atoms with Gasteiger partial charge in [0, 0.05) is 13.1 Å². The number of aromatic carboxylic acids is 1. The lowest BCUT2D eigenvalue weighted by Gasteiger charge is -2.20. The van der Waals surface area contributed by atoms with E-state index in [-0.39, 0.29) is 5.69 Å². The van der Waals surface area contributed by atoms with Gasteiger partial charge in [-0.05, 0) is 13.3 Å². The van der Waals surface area contributed by atoms with Crippen molar-refractivity contribution in [2.24, 2.45) is 0 Å². The molecular weight excluding hydrogens is 206 g/mol. The number of hydrogen-bond acceptors (Lipinski definition) is 4. The smallest absolute Gasteiger partial charge is 0.356 e. The number of rotatable bonds is 6. The van der Waals surface area contributed by atoms with Crippen molar-refractivity contribution in [1.29, 1.82) is 0 Å². The van der Waals surface area contributed by atoms with E-state index in [1.165, 1.54) is 12.4 Å². The van der Waals surface area contributed by atoms with Crippen LogP contribution in [0.15, 0.2) is 12.4 Å². The van der Waals surface area contributed by atoms with Gasteiger partial charge >= 0.3 is 5.97 Å². The normalized spacial score (nSPS) is 10.1. The Morgan fingerprint density at radius 2 is 2.12 bits per heavy atom. The number of carbonyl (C=O) groups is 1. The van der Waals surface area contributed by atoms with E-state index < -0.39 is 5.97 Å². The van der Waals surface area contributed by atoms with Crippen LogP contribution in [-0.4, -0.2) is 34.1 Å². The summed E-state index contributed by atoms with van der Waals surface area (Å²) in [5.74, 6) is -0.309. The fourth-order valence-corrected chi connectivity index (χ4v) is 1.38. The largest absolute Gasteiger partial charge is 0.476 e. The van der Waals surface area contributed by atoms with Crippen molar-refractivity contribution in [3.05, 3.63) is 18.1 Å². The zero-order valence-corrected chi connectivity index (χ0v) is 9.68. The summed E-state index contributed by atoms with van der Waals surface area (Å²) in [5, 5.41) is 8.70. The van der Waals surface area contributed by atoms with E-state index in [2.05, 4.69) is 21.8 Å². The summed E-state index contributed by atoms with van der Waals surface area (Å²) in [6, 6.07) is 0. The van der Waals surface area contributed by atoms with Crippen LogP contribution in [0.1, 0.15) is 37.2 Å². The Bertz CT molecular complexity index is 338. The molecular formula is C11H17N3O2. The van der Waals surface area contributed by atoms with Gasteiger partial charge in [-0.2, -0.15) is 0 Å². The Morgan fingerprint density at radius 1 is 1.38 bits per heavy atom. The highest BCUT2D eigenvalue weighted by Gasteiger charge is 2.08. The van der Waals surface area contributed by atoms with E-state index in [0.717, 1.165) is 31.7 Å². The number of carboxylic acid groups (broad SMARTS) is 1. The van der Waals surface area contributed by atoms with Crippen LogP contribution in [-0.2, 0) is 0 Å². The first-order valence-electron chi connectivity index (χ1n) is 5.49. The van der Waals surface area contributed by atoms with Crippen molar-refractivity contribution in [3.63, 3.8) is 0 Å². The van der Waals surface area contributed by atoms with E-state index >= 15 is 0 Å². The van der Waals surface area contributed by atoms with Gasteiger partial charge in [-0.1, -0.05) is 13.3 Å². The Hall–Kier alpha value is -1.65. The third-order valence-electron chi connectivity index (χ3n) is 2.34. The van der Waals surface area contributed by atoms with Crippen LogP contribution in [0.2, 0.25) is 0 Å². The summed E-state index contributed by atoms with van der Waals surface area (Å²) in [4.78, 5) is 20.7. The number of aromatic nitrogens is 2. The quantitative estimate of drug-likeness (QED) is 0.796. The molecule has 1 heterocycles. The molecule has 0 bridgehead atoms. The lowest BCUT2D eigenvalue weighted by atomic mass is 10.3. The Kier molecular flexibility index (Phi) is 4.69. The van der Waals surface area contributed by atoms with Gasteiger partial charge < -0.3 is 10.0 Å². The van der Waals surface area contributed by atoms with Crippen molar-refractivity contribution < 1.29 is 9.90 Å². The summed E-state index contributed by atoms with van der Waals surface area (Å²) < 4.78 is 0. The second-order valence-electron chi connectivity index (χ2n) is 3.50. The molecule has 88 valence electrons. The average Bonchev–Trinajstić information content (AvgIpc) is 2.30. The number of nitrogens with zero attached hydrogens (tertiary/aromatic N) is 3. The third kappa shape index (κ3) is 3.18. The first kappa shape index (κ1) is 12.4. The fraction of sp³-hybridized carbons (Fsp3) is 0.545. The van der Waals surface area contributed by atoms with Gasteiger partial charge in [0.1, 0.15) is 5.82 Å². The number of carboxylic acids is 1. The van der Waals surface area contributed by atoms with Gasteiger partial charge in [-0.25, -0.2) is 14.8 Å². The van der Waals surface area contributed by atoms with Gasteiger partial charge in [0.05, 0.1) is 12.4 Å². The molecule has 0 aliphatic carbocycles.